The number of hydrogen-bond acceptors (Lipinski definition) is 2. The van der Waals surface area contributed by atoms with E-state index in [9.17, 15) is 12.8 Å². The van der Waals surface area contributed by atoms with Gasteiger partial charge in [-0.2, -0.15) is 0 Å². The van der Waals surface area contributed by atoms with E-state index in [-0.39, 0.29) is 22.3 Å². The van der Waals surface area contributed by atoms with Gasteiger partial charge in [0.15, 0.2) is 0 Å². The topological polar surface area (TPSA) is 51.1 Å². The first-order valence-electron chi connectivity index (χ1n) is 7.58. The standard InChI is InChI=1S/C18H16ClFN2O2S/c19-17-8-1-2-9-18(17)25(23,24)21-12-16-7-4-10-22(16)13-14-5-3-6-15(20)11-14/h1-11,21H,12-13H2. The predicted octanol–water partition coefficient (Wildman–Crippen LogP) is 3.81. The van der Waals surface area contributed by atoms with E-state index in [4.69, 9.17) is 11.6 Å². The van der Waals surface area contributed by atoms with Gasteiger partial charge in [-0.25, -0.2) is 17.5 Å². The highest BCUT2D eigenvalue weighted by molar-refractivity contribution is 7.89. The van der Waals surface area contributed by atoms with E-state index in [1.54, 1.807) is 18.2 Å². The molecule has 0 bridgehead atoms. The maximum absolute atomic E-state index is 13.3. The molecule has 3 aromatic rings. The zero-order chi connectivity index (χ0) is 17.9. The van der Waals surface area contributed by atoms with Crippen molar-refractivity contribution in [3.63, 3.8) is 0 Å². The molecule has 0 fully saturated rings. The van der Waals surface area contributed by atoms with Crippen LogP contribution in [0.4, 0.5) is 4.39 Å². The molecule has 0 unspecified atom stereocenters. The number of hydrogen-bond donors (Lipinski definition) is 1. The normalized spacial score (nSPS) is 11.6. The third-order valence-corrected chi connectivity index (χ3v) is 5.64. The van der Waals surface area contributed by atoms with Gasteiger partial charge in [0.1, 0.15) is 10.7 Å². The number of nitrogens with one attached hydrogen (secondary N) is 1. The average molecular weight is 379 g/mol. The van der Waals surface area contributed by atoms with E-state index in [1.807, 2.05) is 29.0 Å². The molecule has 0 aliphatic carbocycles. The molecule has 130 valence electrons. The van der Waals surface area contributed by atoms with Crippen LogP contribution in [-0.2, 0) is 23.1 Å². The van der Waals surface area contributed by atoms with Crippen LogP contribution < -0.4 is 4.72 Å². The Hall–Kier alpha value is -2.15. The largest absolute Gasteiger partial charge is 0.346 e. The Bertz CT molecular complexity index is 986. The van der Waals surface area contributed by atoms with E-state index in [0.717, 1.165) is 11.3 Å². The molecule has 3 rings (SSSR count). The van der Waals surface area contributed by atoms with Gasteiger partial charge in [0.2, 0.25) is 10.0 Å². The first-order chi connectivity index (χ1) is 12.0. The van der Waals surface area contributed by atoms with Crippen molar-refractivity contribution < 1.29 is 12.8 Å². The molecule has 1 heterocycles. The second-order valence-corrected chi connectivity index (χ2v) is 7.65. The van der Waals surface area contributed by atoms with E-state index >= 15 is 0 Å². The lowest BCUT2D eigenvalue weighted by atomic mass is 10.2. The molecule has 0 saturated carbocycles. The summed E-state index contributed by atoms with van der Waals surface area (Å²) in [4.78, 5) is 0.0416. The van der Waals surface area contributed by atoms with Crippen LogP contribution in [0.1, 0.15) is 11.3 Å². The highest BCUT2D eigenvalue weighted by Gasteiger charge is 2.17. The first kappa shape index (κ1) is 17.7. The lowest BCUT2D eigenvalue weighted by Crippen LogP contribution is -2.25. The Morgan fingerprint density at radius 3 is 2.60 bits per heavy atom. The van der Waals surface area contributed by atoms with Gasteiger partial charge in [0.05, 0.1) is 11.6 Å². The summed E-state index contributed by atoms with van der Waals surface area (Å²) in [6.07, 6.45) is 1.82. The van der Waals surface area contributed by atoms with Gasteiger partial charge in [-0.05, 0) is 42.0 Å². The number of halogens is 2. The average Bonchev–Trinajstić information content (AvgIpc) is 3.00. The van der Waals surface area contributed by atoms with Crippen LogP contribution in [0.5, 0.6) is 0 Å². The fourth-order valence-electron chi connectivity index (χ4n) is 2.51. The third-order valence-electron chi connectivity index (χ3n) is 3.73. The summed E-state index contributed by atoms with van der Waals surface area (Å²) in [7, 11) is -3.72. The van der Waals surface area contributed by atoms with Gasteiger partial charge in [-0.3, -0.25) is 0 Å². The lowest BCUT2D eigenvalue weighted by Gasteiger charge is -2.12. The summed E-state index contributed by atoms with van der Waals surface area (Å²) >= 11 is 5.96. The SMILES string of the molecule is O=S(=O)(NCc1cccn1Cc1cccc(F)c1)c1ccccc1Cl. The molecular weight excluding hydrogens is 363 g/mol. The molecule has 2 aromatic carbocycles. The number of benzene rings is 2. The summed E-state index contributed by atoms with van der Waals surface area (Å²) < 4.78 is 42.5. The minimum Gasteiger partial charge on any atom is -0.346 e. The maximum Gasteiger partial charge on any atom is 0.242 e. The second-order valence-electron chi connectivity index (χ2n) is 5.51. The molecule has 0 atom stereocenters. The van der Waals surface area contributed by atoms with Crippen molar-refractivity contribution in [2.75, 3.05) is 0 Å². The summed E-state index contributed by atoms with van der Waals surface area (Å²) in [5.41, 5.74) is 1.56. The van der Waals surface area contributed by atoms with Crippen LogP contribution in [-0.4, -0.2) is 13.0 Å². The second kappa shape index (κ2) is 7.39. The van der Waals surface area contributed by atoms with Gasteiger partial charge in [-0.1, -0.05) is 35.9 Å². The predicted molar refractivity (Wildman–Crippen MR) is 95.4 cm³/mol. The van der Waals surface area contributed by atoms with E-state index in [1.165, 1.54) is 24.3 Å². The third kappa shape index (κ3) is 4.28. The van der Waals surface area contributed by atoms with Crippen LogP contribution in [0.25, 0.3) is 0 Å². The number of aromatic nitrogens is 1. The lowest BCUT2D eigenvalue weighted by molar-refractivity contribution is 0.578. The van der Waals surface area contributed by atoms with Crippen molar-refractivity contribution >= 4 is 21.6 Å². The number of rotatable bonds is 6. The highest BCUT2D eigenvalue weighted by Crippen LogP contribution is 2.20. The number of nitrogens with zero attached hydrogens (tertiary/aromatic N) is 1. The summed E-state index contributed by atoms with van der Waals surface area (Å²) in [5, 5.41) is 0.171. The van der Waals surface area contributed by atoms with E-state index < -0.39 is 10.0 Å². The summed E-state index contributed by atoms with van der Waals surface area (Å²) in [6, 6.07) is 16.2. The van der Waals surface area contributed by atoms with Crippen molar-refractivity contribution in [3.8, 4) is 0 Å². The smallest absolute Gasteiger partial charge is 0.242 e. The quantitative estimate of drug-likeness (QED) is 0.709. The molecule has 0 aliphatic rings. The molecule has 0 radical (unpaired) electrons. The van der Waals surface area contributed by atoms with Crippen molar-refractivity contribution in [1.82, 2.24) is 9.29 Å². The minimum absolute atomic E-state index is 0.0416. The highest BCUT2D eigenvalue weighted by atomic mass is 35.5. The fourth-order valence-corrected chi connectivity index (χ4v) is 4.02. The molecule has 1 N–H and O–H groups in total. The van der Waals surface area contributed by atoms with Gasteiger partial charge in [-0.15, -0.1) is 0 Å². The van der Waals surface area contributed by atoms with Crippen LogP contribution >= 0.6 is 11.6 Å². The zero-order valence-electron chi connectivity index (χ0n) is 13.2. The Balaban J connectivity index is 1.75. The monoisotopic (exact) mass is 378 g/mol. The van der Waals surface area contributed by atoms with Crippen LogP contribution in [0, 0.1) is 5.82 Å². The Kier molecular flexibility index (Phi) is 5.22. The Morgan fingerprint density at radius 1 is 1.04 bits per heavy atom. The molecule has 0 amide bonds. The van der Waals surface area contributed by atoms with Gasteiger partial charge in [0, 0.05) is 18.4 Å². The van der Waals surface area contributed by atoms with Crippen molar-refractivity contribution in [2.45, 2.75) is 18.0 Å². The fraction of sp³-hybridized carbons (Fsp3) is 0.111. The molecule has 4 nitrogen and oxygen atoms in total. The first-order valence-corrected chi connectivity index (χ1v) is 9.44. The zero-order valence-corrected chi connectivity index (χ0v) is 14.8. The van der Waals surface area contributed by atoms with E-state index in [0.29, 0.717) is 6.54 Å². The number of sulfonamides is 1. The van der Waals surface area contributed by atoms with Crippen molar-refractivity contribution in [1.29, 1.82) is 0 Å². The molecule has 7 heteroatoms. The molecule has 0 aliphatic heterocycles. The van der Waals surface area contributed by atoms with Crippen molar-refractivity contribution in [3.05, 3.63) is 89.0 Å². The van der Waals surface area contributed by atoms with Crippen LogP contribution in [0.15, 0.2) is 71.8 Å². The summed E-state index contributed by atoms with van der Waals surface area (Å²) in [6.45, 7) is 0.559. The Morgan fingerprint density at radius 2 is 1.84 bits per heavy atom. The minimum atomic E-state index is -3.72. The Labute approximate surface area is 150 Å². The maximum atomic E-state index is 13.3. The van der Waals surface area contributed by atoms with Gasteiger partial charge >= 0.3 is 0 Å². The van der Waals surface area contributed by atoms with Crippen LogP contribution in [0.3, 0.4) is 0 Å². The van der Waals surface area contributed by atoms with E-state index in [2.05, 4.69) is 4.72 Å². The molecule has 0 saturated heterocycles. The molecular formula is C18H16ClFN2O2S. The van der Waals surface area contributed by atoms with Crippen LogP contribution in [0.2, 0.25) is 5.02 Å². The van der Waals surface area contributed by atoms with Crippen molar-refractivity contribution in [2.24, 2.45) is 0 Å². The van der Waals surface area contributed by atoms with Gasteiger partial charge in [0.25, 0.3) is 0 Å². The molecule has 25 heavy (non-hydrogen) atoms. The molecule has 0 spiro atoms. The summed E-state index contributed by atoms with van der Waals surface area (Å²) in [5.74, 6) is -0.300. The van der Waals surface area contributed by atoms with Gasteiger partial charge < -0.3 is 4.57 Å². The molecule has 1 aromatic heterocycles.